The lowest BCUT2D eigenvalue weighted by molar-refractivity contribution is 0.0691. The molecule has 0 fully saturated rings. The summed E-state index contributed by atoms with van der Waals surface area (Å²) in [5.74, 6) is -0.955. The number of H-pyrrole nitrogens is 1. The number of aromatic carboxylic acids is 1. The quantitative estimate of drug-likeness (QED) is 0.794. The van der Waals surface area contributed by atoms with Gasteiger partial charge in [0.25, 0.3) is 0 Å². The highest BCUT2D eigenvalue weighted by molar-refractivity contribution is 7.09. The Labute approximate surface area is 84.2 Å². The molecule has 2 heterocycles. The van der Waals surface area contributed by atoms with Crippen LogP contribution >= 0.6 is 11.3 Å². The van der Waals surface area contributed by atoms with Gasteiger partial charge in [-0.25, -0.2) is 9.78 Å². The third kappa shape index (κ3) is 1.54. The van der Waals surface area contributed by atoms with Gasteiger partial charge >= 0.3 is 5.97 Å². The zero-order valence-electron chi connectivity index (χ0n) is 7.44. The molecule has 2 aromatic heterocycles. The molecule has 0 spiro atoms. The molecule has 0 aliphatic heterocycles. The molecular weight excluding hydrogens is 200 g/mol. The maximum Gasteiger partial charge on any atom is 0.352 e. The van der Waals surface area contributed by atoms with Crippen LogP contribution in [0.25, 0.3) is 11.3 Å². The van der Waals surface area contributed by atoms with Crippen molar-refractivity contribution in [2.75, 3.05) is 0 Å². The molecule has 0 unspecified atom stereocenters. The van der Waals surface area contributed by atoms with Gasteiger partial charge in [0.1, 0.15) is 5.69 Å². The Morgan fingerprint density at radius 2 is 2.43 bits per heavy atom. The Balaban J connectivity index is 2.38. The largest absolute Gasteiger partial charge is 0.477 e. The maximum atomic E-state index is 10.6. The Morgan fingerprint density at radius 3 is 2.93 bits per heavy atom. The van der Waals surface area contributed by atoms with Crippen LogP contribution < -0.4 is 0 Å². The number of aromatic nitrogens is 2. The summed E-state index contributed by atoms with van der Waals surface area (Å²) in [6, 6.07) is 1.58. The average molecular weight is 208 g/mol. The monoisotopic (exact) mass is 208 g/mol. The standard InChI is InChI=1S/C9H8N2O2S/c1-5-11-8(4-14-5)6-2-7(9(12)13)10-3-6/h2-4,10H,1H3,(H,12,13). The lowest BCUT2D eigenvalue weighted by Crippen LogP contribution is -1.94. The zero-order chi connectivity index (χ0) is 10.1. The van der Waals surface area contributed by atoms with E-state index in [1.54, 1.807) is 23.6 Å². The van der Waals surface area contributed by atoms with Gasteiger partial charge < -0.3 is 10.1 Å². The van der Waals surface area contributed by atoms with Crippen LogP contribution in [0.1, 0.15) is 15.5 Å². The van der Waals surface area contributed by atoms with E-state index in [1.165, 1.54) is 0 Å². The molecule has 0 aromatic carbocycles. The second-order valence-electron chi connectivity index (χ2n) is 2.86. The van der Waals surface area contributed by atoms with E-state index in [1.807, 2.05) is 12.3 Å². The fourth-order valence-corrected chi connectivity index (χ4v) is 1.78. The molecule has 2 rings (SSSR count). The lowest BCUT2D eigenvalue weighted by Gasteiger charge is -1.86. The minimum atomic E-state index is -0.955. The highest BCUT2D eigenvalue weighted by atomic mass is 32.1. The Kier molecular flexibility index (Phi) is 2.09. The molecule has 0 amide bonds. The SMILES string of the molecule is Cc1nc(-c2c[nH]c(C(=O)O)c2)cs1. The fourth-order valence-electron chi connectivity index (χ4n) is 1.16. The summed E-state index contributed by atoms with van der Waals surface area (Å²) in [4.78, 5) is 17.5. The summed E-state index contributed by atoms with van der Waals surface area (Å²) in [6.45, 7) is 1.92. The van der Waals surface area contributed by atoms with Crippen molar-refractivity contribution in [2.24, 2.45) is 0 Å². The molecule has 0 aliphatic carbocycles. The van der Waals surface area contributed by atoms with Crippen molar-refractivity contribution in [3.8, 4) is 11.3 Å². The first-order valence-corrected chi connectivity index (χ1v) is 4.89. The Hall–Kier alpha value is -1.62. The lowest BCUT2D eigenvalue weighted by atomic mass is 10.2. The van der Waals surface area contributed by atoms with Crippen LogP contribution in [0.3, 0.4) is 0 Å². The number of carboxylic acid groups (broad SMARTS) is 1. The third-order valence-electron chi connectivity index (χ3n) is 1.83. The van der Waals surface area contributed by atoms with Crippen LogP contribution in [0, 0.1) is 6.92 Å². The number of thiazole rings is 1. The first-order chi connectivity index (χ1) is 6.66. The van der Waals surface area contributed by atoms with E-state index in [-0.39, 0.29) is 5.69 Å². The zero-order valence-corrected chi connectivity index (χ0v) is 8.26. The van der Waals surface area contributed by atoms with Gasteiger partial charge in [-0.3, -0.25) is 0 Å². The van der Waals surface area contributed by atoms with Crippen LogP contribution in [0.2, 0.25) is 0 Å². The van der Waals surface area contributed by atoms with Gasteiger partial charge in [-0.2, -0.15) is 0 Å². The second-order valence-corrected chi connectivity index (χ2v) is 3.92. The van der Waals surface area contributed by atoms with Gasteiger partial charge in [-0.05, 0) is 13.0 Å². The summed E-state index contributed by atoms with van der Waals surface area (Å²) in [7, 11) is 0. The predicted molar refractivity (Wildman–Crippen MR) is 53.6 cm³/mol. The molecule has 0 atom stereocenters. The molecule has 2 N–H and O–H groups in total. The van der Waals surface area contributed by atoms with Crippen LogP contribution in [0.5, 0.6) is 0 Å². The van der Waals surface area contributed by atoms with E-state index in [2.05, 4.69) is 9.97 Å². The van der Waals surface area contributed by atoms with E-state index < -0.39 is 5.97 Å². The summed E-state index contributed by atoms with van der Waals surface area (Å²) in [6.07, 6.45) is 1.65. The van der Waals surface area contributed by atoms with E-state index in [0.29, 0.717) is 0 Å². The highest BCUT2D eigenvalue weighted by Gasteiger charge is 2.08. The maximum absolute atomic E-state index is 10.6. The number of aromatic amines is 1. The van der Waals surface area contributed by atoms with E-state index in [0.717, 1.165) is 16.3 Å². The van der Waals surface area contributed by atoms with Crippen LogP contribution in [-0.4, -0.2) is 21.0 Å². The molecule has 5 heteroatoms. The van der Waals surface area contributed by atoms with Gasteiger partial charge in [0.2, 0.25) is 0 Å². The number of aryl methyl sites for hydroxylation is 1. The number of hydrogen-bond acceptors (Lipinski definition) is 3. The first kappa shape index (κ1) is 8.96. The fraction of sp³-hybridized carbons (Fsp3) is 0.111. The Bertz CT molecular complexity index is 473. The molecule has 0 bridgehead atoms. The molecule has 72 valence electrons. The number of carboxylic acids is 1. The third-order valence-corrected chi connectivity index (χ3v) is 2.60. The molecular formula is C9H8N2O2S. The van der Waals surface area contributed by atoms with E-state index >= 15 is 0 Å². The van der Waals surface area contributed by atoms with Gasteiger partial charge in [-0.1, -0.05) is 0 Å². The van der Waals surface area contributed by atoms with Crippen molar-refractivity contribution in [1.82, 2.24) is 9.97 Å². The summed E-state index contributed by atoms with van der Waals surface area (Å²) < 4.78 is 0. The molecule has 0 saturated carbocycles. The van der Waals surface area contributed by atoms with Gasteiger partial charge in [0.15, 0.2) is 0 Å². The van der Waals surface area contributed by atoms with Crippen molar-refractivity contribution in [2.45, 2.75) is 6.92 Å². The number of rotatable bonds is 2. The molecule has 14 heavy (non-hydrogen) atoms. The molecule has 0 saturated heterocycles. The molecule has 4 nitrogen and oxygen atoms in total. The van der Waals surface area contributed by atoms with Crippen LogP contribution in [0.4, 0.5) is 0 Å². The second kappa shape index (κ2) is 3.26. The predicted octanol–water partition coefficient (Wildman–Crippen LogP) is 2.14. The van der Waals surface area contributed by atoms with Crippen molar-refractivity contribution in [3.63, 3.8) is 0 Å². The molecule has 2 aromatic rings. The molecule has 0 radical (unpaired) electrons. The van der Waals surface area contributed by atoms with Gasteiger partial charge in [0.05, 0.1) is 10.7 Å². The van der Waals surface area contributed by atoms with E-state index in [9.17, 15) is 4.79 Å². The minimum absolute atomic E-state index is 0.186. The van der Waals surface area contributed by atoms with Crippen molar-refractivity contribution in [1.29, 1.82) is 0 Å². The van der Waals surface area contributed by atoms with Gasteiger partial charge in [0, 0.05) is 17.1 Å². The van der Waals surface area contributed by atoms with Crippen molar-refractivity contribution < 1.29 is 9.90 Å². The summed E-state index contributed by atoms with van der Waals surface area (Å²) in [5, 5.41) is 11.6. The number of hydrogen-bond donors (Lipinski definition) is 2. The average Bonchev–Trinajstić information content (AvgIpc) is 2.70. The minimum Gasteiger partial charge on any atom is -0.477 e. The van der Waals surface area contributed by atoms with Crippen molar-refractivity contribution in [3.05, 3.63) is 28.3 Å². The van der Waals surface area contributed by atoms with E-state index in [4.69, 9.17) is 5.11 Å². The number of nitrogens with one attached hydrogen (secondary N) is 1. The number of carbonyl (C=O) groups is 1. The van der Waals surface area contributed by atoms with Crippen molar-refractivity contribution >= 4 is 17.3 Å². The smallest absolute Gasteiger partial charge is 0.352 e. The highest BCUT2D eigenvalue weighted by Crippen LogP contribution is 2.21. The Morgan fingerprint density at radius 1 is 1.64 bits per heavy atom. The van der Waals surface area contributed by atoms with Crippen LogP contribution in [-0.2, 0) is 0 Å². The van der Waals surface area contributed by atoms with Crippen LogP contribution in [0.15, 0.2) is 17.6 Å². The molecule has 0 aliphatic rings. The van der Waals surface area contributed by atoms with Gasteiger partial charge in [-0.15, -0.1) is 11.3 Å². The normalized spacial score (nSPS) is 10.4. The first-order valence-electron chi connectivity index (χ1n) is 4.01. The number of nitrogens with zero attached hydrogens (tertiary/aromatic N) is 1. The summed E-state index contributed by atoms with van der Waals surface area (Å²) >= 11 is 1.54. The topological polar surface area (TPSA) is 66.0 Å². The summed E-state index contributed by atoms with van der Waals surface area (Å²) in [5.41, 5.74) is 1.81.